The predicted octanol–water partition coefficient (Wildman–Crippen LogP) is 2.79. The topological polar surface area (TPSA) is 26.0 Å². The summed E-state index contributed by atoms with van der Waals surface area (Å²) in [6.07, 6.45) is 9.98. The van der Waals surface area contributed by atoms with Crippen molar-refractivity contribution in [3.63, 3.8) is 0 Å². The number of rotatable bonds is 5. The quantitative estimate of drug-likeness (QED) is 0.737. The molecule has 0 amide bonds. The van der Waals surface area contributed by atoms with Gasteiger partial charge in [-0.2, -0.15) is 11.8 Å². The first-order valence-corrected chi connectivity index (χ1v) is 6.76. The molecule has 0 spiro atoms. The van der Waals surface area contributed by atoms with Crippen molar-refractivity contribution in [2.24, 2.45) is 11.7 Å². The smallest absolute Gasteiger partial charge is 0.0133 e. The second-order valence-corrected chi connectivity index (χ2v) is 6.01. The summed E-state index contributed by atoms with van der Waals surface area (Å²) in [5, 5.41) is 0.949. The Morgan fingerprint density at radius 2 is 1.85 bits per heavy atom. The summed E-state index contributed by atoms with van der Waals surface area (Å²) in [4.78, 5) is 0. The van der Waals surface area contributed by atoms with E-state index < -0.39 is 0 Å². The molecule has 13 heavy (non-hydrogen) atoms. The molecular formula is C11H21NS. The van der Waals surface area contributed by atoms with E-state index in [4.69, 9.17) is 5.73 Å². The molecule has 2 aliphatic rings. The van der Waals surface area contributed by atoms with E-state index in [0.29, 0.717) is 6.04 Å². The molecule has 0 bridgehead atoms. The molecule has 0 aliphatic heterocycles. The van der Waals surface area contributed by atoms with Crippen molar-refractivity contribution in [2.75, 3.05) is 5.75 Å². The van der Waals surface area contributed by atoms with Crippen LogP contribution < -0.4 is 5.73 Å². The van der Waals surface area contributed by atoms with Crippen molar-refractivity contribution in [1.29, 1.82) is 0 Å². The molecule has 2 aliphatic carbocycles. The summed E-state index contributed by atoms with van der Waals surface area (Å²) in [5.74, 6) is 2.21. The summed E-state index contributed by atoms with van der Waals surface area (Å²) in [6.45, 7) is 0. The first kappa shape index (κ1) is 9.85. The van der Waals surface area contributed by atoms with Crippen molar-refractivity contribution >= 4 is 11.8 Å². The summed E-state index contributed by atoms with van der Waals surface area (Å²) in [6, 6.07) is 0.484. The van der Waals surface area contributed by atoms with Gasteiger partial charge in [-0.15, -0.1) is 0 Å². The van der Waals surface area contributed by atoms with Crippen molar-refractivity contribution in [2.45, 2.75) is 56.2 Å². The average molecular weight is 199 g/mol. The van der Waals surface area contributed by atoms with Crippen LogP contribution in [0.15, 0.2) is 0 Å². The lowest BCUT2D eigenvalue weighted by Crippen LogP contribution is -2.24. The zero-order valence-electron chi connectivity index (χ0n) is 8.37. The Bertz CT molecular complexity index is 150. The van der Waals surface area contributed by atoms with E-state index in [1.807, 2.05) is 0 Å². The molecule has 0 radical (unpaired) electrons. The Hall–Kier alpha value is 0.310. The maximum absolute atomic E-state index is 6.07. The van der Waals surface area contributed by atoms with E-state index in [1.54, 1.807) is 0 Å². The highest BCUT2D eigenvalue weighted by molar-refractivity contribution is 7.99. The average Bonchev–Trinajstić information content (AvgIpc) is 2.78. The van der Waals surface area contributed by atoms with Gasteiger partial charge in [-0.25, -0.2) is 0 Å². The Labute approximate surface area is 85.8 Å². The van der Waals surface area contributed by atoms with Gasteiger partial charge in [-0.3, -0.25) is 0 Å². The second kappa shape index (κ2) is 4.70. The minimum Gasteiger partial charge on any atom is -0.327 e. The molecule has 2 fully saturated rings. The van der Waals surface area contributed by atoms with Gasteiger partial charge in [0.2, 0.25) is 0 Å². The van der Waals surface area contributed by atoms with E-state index in [1.165, 1.54) is 50.7 Å². The standard InChI is InChI=1S/C11H21NS/c12-10(7-9-5-6-9)8-13-11-3-1-2-4-11/h9-11H,1-8,12H2. The van der Waals surface area contributed by atoms with E-state index in [-0.39, 0.29) is 0 Å². The van der Waals surface area contributed by atoms with Crippen molar-refractivity contribution in [1.82, 2.24) is 0 Å². The van der Waals surface area contributed by atoms with Crippen LogP contribution >= 0.6 is 11.8 Å². The van der Waals surface area contributed by atoms with Crippen LogP contribution in [0, 0.1) is 5.92 Å². The maximum atomic E-state index is 6.07. The molecular weight excluding hydrogens is 178 g/mol. The number of hydrogen-bond donors (Lipinski definition) is 1. The Morgan fingerprint density at radius 3 is 2.46 bits per heavy atom. The fourth-order valence-corrected chi connectivity index (χ4v) is 3.49. The van der Waals surface area contributed by atoms with E-state index >= 15 is 0 Å². The maximum Gasteiger partial charge on any atom is 0.0133 e. The molecule has 0 saturated heterocycles. The molecule has 0 heterocycles. The zero-order valence-corrected chi connectivity index (χ0v) is 9.19. The third-order valence-electron chi connectivity index (χ3n) is 3.18. The Balaban J connectivity index is 1.54. The number of nitrogens with two attached hydrogens (primary N) is 1. The van der Waals surface area contributed by atoms with Gasteiger partial charge in [0.1, 0.15) is 0 Å². The monoisotopic (exact) mass is 199 g/mol. The molecule has 0 aromatic heterocycles. The van der Waals surface area contributed by atoms with Crippen LogP contribution in [0.2, 0.25) is 0 Å². The molecule has 2 N–H and O–H groups in total. The van der Waals surface area contributed by atoms with Crippen LogP contribution in [0.4, 0.5) is 0 Å². The summed E-state index contributed by atoms with van der Waals surface area (Å²) in [5.41, 5.74) is 6.07. The largest absolute Gasteiger partial charge is 0.327 e. The SMILES string of the molecule is NC(CSC1CCCC1)CC1CC1. The minimum atomic E-state index is 0.484. The summed E-state index contributed by atoms with van der Waals surface area (Å²) >= 11 is 2.14. The van der Waals surface area contributed by atoms with Crippen LogP contribution in [0.1, 0.15) is 44.9 Å². The van der Waals surface area contributed by atoms with Crippen molar-refractivity contribution < 1.29 is 0 Å². The lowest BCUT2D eigenvalue weighted by atomic mass is 10.2. The second-order valence-electron chi connectivity index (χ2n) is 4.68. The lowest BCUT2D eigenvalue weighted by molar-refractivity contribution is 0.616. The molecule has 0 aromatic rings. The number of hydrogen-bond acceptors (Lipinski definition) is 2. The fourth-order valence-electron chi connectivity index (χ4n) is 2.16. The van der Waals surface area contributed by atoms with Gasteiger partial charge in [-0.05, 0) is 25.2 Å². The molecule has 1 nitrogen and oxygen atoms in total. The molecule has 76 valence electrons. The highest BCUT2D eigenvalue weighted by atomic mass is 32.2. The van der Waals surface area contributed by atoms with E-state index in [0.717, 1.165) is 11.2 Å². The Kier molecular flexibility index (Phi) is 3.56. The van der Waals surface area contributed by atoms with Crippen LogP contribution in [-0.2, 0) is 0 Å². The molecule has 0 aromatic carbocycles. The van der Waals surface area contributed by atoms with Gasteiger partial charge in [0.15, 0.2) is 0 Å². The van der Waals surface area contributed by atoms with Gasteiger partial charge in [-0.1, -0.05) is 25.7 Å². The van der Waals surface area contributed by atoms with Gasteiger partial charge in [0.05, 0.1) is 0 Å². The third kappa shape index (κ3) is 3.51. The van der Waals surface area contributed by atoms with Crippen molar-refractivity contribution in [3.05, 3.63) is 0 Å². The molecule has 1 atom stereocenters. The number of thioether (sulfide) groups is 1. The van der Waals surface area contributed by atoms with Crippen LogP contribution in [0.3, 0.4) is 0 Å². The summed E-state index contributed by atoms with van der Waals surface area (Å²) in [7, 11) is 0. The fraction of sp³-hybridized carbons (Fsp3) is 1.00. The molecule has 1 unspecified atom stereocenters. The lowest BCUT2D eigenvalue weighted by Gasteiger charge is -2.13. The zero-order chi connectivity index (χ0) is 9.10. The summed E-state index contributed by atoms with van der Waals surface area (Å²) < 4.78 is 0. The van der Waals surface area contributed by atoms with E-state index in [2.05, 4.69) is 11.8 Å². The van der Waals surface area contributed by atoms with E-state index in [9.17, 15) is 0 Å². The van der Waals surface area contributed by atoms with Crippen LogP contribution in [0.5, 0.6) is 0 Å². The van der Waals surface area contributed by atoms with Crippen molar-refractivity contribution in [3.8, 4) is 0 Å². The van der Waals surface area contributed by atoms with Crippen LogP contribution in [0.25, 0.3) is 0 Å². The molecule has 2 heteroatoms. The van der Waals surface area contributed by atoms with Crippen LogP contribution in [-0.4, -0.2) is 17.0 Å². The van der Waals surface area contributed by atoms with Gasteiger partial charge in [0.25, 0.3) is 0 Å². The van der Waals surface area contributed by atoms with Gasteiger partial charge < -0.3 is 5.73 Å². The first-order valence-electron chi connectivity index (χ1n) is 5.72. The highest BCUT2D eigenvalue weighted by Crippen LogP contribution is 2.35. The molecule has 2 saturated carbocycles. The van der Waals surface area contributed by atoms with Gasteiger partial charge in [0, 0.05) is 17.0 Å². The highest BCUT2D eigenvalue weighted by Gasteiger charge is 2.24. The first-order chi connectivity index (χ1) is 6.34. The molecule has 2 rings (SSSR count). The van der Waals surface area contributed by atoms with Gasteiger partial charge >= 0.3 is 0 Å². The predicted molar refractivity (Wildman–Crippen MR) is 60.0 cm³/mol. The minimum absolute atomic E-state index is 0.484. The Morgan fingerprint density at radius 1 is 1.15 bits per heavy atom. The normalized spacial score (nSPS) is 26.5. The third-order valence-corrected chi connectivity index (χ3v) is 4.74.